The van der Waals surface area contributed by atoms with Crippen molar-refractivity contribution >= 4 is 41.1 Å². The molecule has 11 heteroatoms. The van der Waals surface area contributed by atoms with Gasteiger partial charge in [-0.05, 0) is 35.4 Å². The number of nitrogens with zero attached hydrogens (tertiary/aromatic N) is 1. The Kier molecular flexibility index (Phi) is 10.2. The van der Waals surface area contributed by atoms with Crippen LogP contribution in [0, 0.1) is 5.82 Å². The van der Waals surface area contributed by atoms with Crippen LogP contribution >= 0.6 is 11.6 Å². The topological polar surface area (TPSA) is 128 Å². The van der Waals surface area contributed by atoms with Gasteiger partial charge < -0.3 is 21.1 Å². The van der Waals surface area contributed by atoms with E-state index in [0.29, 0.717) is 5.56 Å². The first kappa shape index (κ1) is 28.1. The molecular formula is C27H26ClFN4O5. The number of benzene rings is 3. The Balaban J connectivity index is 1.78. The predicted molar refractivity (Wildman–Crippen MR) is 141 cm³/mol. The lowest BCUT2D eigenvalue weighted by Gasteiger charge is -2.19. The van der Waals surface area contributed by atoms with Crippen molar-refractivity contribution in [1.29, 1.82) is 0 Å². The number of ketones is 1. The quantitative estimate of drug-likeness (QED) is 0.214. The Bertz CT molecular complexity index is 1310. The van der Waals surface area contributed by atoms with Gasteiger partial charge in [-0.3, -0.25) is 14.5 Å². The number of anilines is 1. The minimum Gasteiger partial charge on any atom is -0.465 e. The predicted octanol–water partition coefficient (Wildman–Crippen LogP) is 4.21. The summed E-state index contributed by atoms with van der Waals surface area (Å²) >= 11 is 5.58. The smallest absolute Gasteiger partial charge is 0.408 e. The number of amides is 4. The Morgan fingerprint density at radius 1 is 0.895 bits per heavy atom. The van der Waals surface area contributed by atoms with Gasteiger partial charge in [0.25, 0.3) is 0 Å². The van der Waals surface area contributed by atoms with Crippen molar-refractivity contribution < 1.29 is 28.7 Å². The average molecular weight is 541 g/mol. The van der Waals surface area contributed by atoms with Crippen LogP contribution in [0.15, 0.2) is 72.8 Å². The highest BCUT2D eigenvalue weighted by Gasteiger charge is 2.20. The Morgan fingerprint density at radius 3 is 2.29 bits per heavy atom. The van der Waals surface area contributed by atoms with Crippen molar-refractivity contribution in [3.05, 3.63) is 101 Å². The Hall–Kier alpha value is -4.44. The zero-order valence-corrected chi connectivity index (χ0v) is 21.0. The first-order valence-corrected chi connectivity index (χ1v) is 12.1. The Labute approximate surface area is 223 Å². The third-order valence-corrected chi connectivity index (χ3v) is 5.60. The van der Waals surface area contributed by atoms with E-state index in [1.54, 1.807) is 30.3 Å². The molecule has 0 saturated carbocycles. The van der Waals surface area contributed by atoms with Gasteiger partial charge in [0.15, 0.2) is 5.78 Å². The van der Waals surface area contributed by atoms with Crippen LogP contribution in [0.2, 0.25) is 0 Å². The molecule has 0 aliphatic rings. The molecule has 3 rings (SSSR count). The summed E-state index contributed by atoms with van der Waals surface area (Å²) in [5, 5.41) is 17.2. The normalized spacial score (nSPS) is 10.4. The van der Waals surface area contributed by atoms with Crippen molar-refractivity contribution in [1.82, 2.24) is 15.5 Å². The van der Waals surface area contributed by atoms with Crippen molar-refractivity contribution in [2.75, 3.05) is 24.3 Å². The molecule has 3 aromatic rings. The fraction of sp³-hybridized carbons (Fsp3) is 0.185. The summed E-state index contributed by atoms with van der Waals surface area (Å²) in [6, 6.07) is 18.2. The average Bonchev–Trinajstić information content (AvgIpc) is 2.91. The fourth-order valence-corrected chi connectivity index (χ4v) is 3.66. The number of halogens is 2. The van der Waals surface area contributed by atoms with E-state index in [1.165, 1.54) is 36.4 Å². The van der Waals surface area contributed by atoms with E-state index in [4.69, 9.17) is 11.6 Å². The zero-order valence-electron chi connectivity index (χ0n) is 20.2. The number of hydrogen-bond acceptors (Lipinski definition) is 4. The van der Waals surface area contributed by atoms with Gasteiger partial charge in [0.2, 0.25) is 5.91 Å². The molecule has 0 atom stereocenters. The van der Waals surface area contributed by atoms with Gasteiger partial charge in [-0.25, -0.2) is 14.0 Å². The second-order valence-electron chi connectivity index (χ2n) is 8.15. The number of carbonyl (C=O) groups excluding carboxylic acids is 3. The second kappa shape index (κ2) is 13.8. The van der Waals surface area contributed by atoms with E-state index in [0.717, 1.165) is 16.5 Å². The van der Waals surface area contributed by atoms with Crippen molar-refractivity contribution in [3.63, 3.8) is 0 Å². The molecule has 198 valence electrons. The summed E-state index contributed by atoms with van der Waals surface area (Å²) in [7, 11) is 0. The maximum Gasteiger partial charge on any atom is 0.408 e. The van der Waals surface area contributed by atoms with Crippen LogP contribution in [-0.2, 0) is 17.9 Å². The van der Waals surface area contributed by atoms with E-state index >= 15 is 0 Å². The monoisotopic (exact) mass is 540 g/mol. The molecule has 4 N–H and O–H groups in total. The van der Waals surface area contributed by atoms with Crippen LogP contribution < -0.4 is 16.0 Å². The SMILES string of the molecule is O=C(CN(Cc1ccccc1)C(=O)O)NCc1ccc(NC(=O)NCCCl)cc1C(=O)c1ccccc1F. The molecule has 4 amide bonds. The van der Waals surface area contributed by atoms with E-state index in [9.17, 15) is 28.7 Å². The minimum atomic E-state index is -1.26. The summed E-state index contributed by atoms with van der Waals surface area (Å²) in [6.07, 6.45) is -1.26. The maximum atomic E-state index is 14.4. The number of rotatable bonds is 11. The Morgan fingerprint density at radius 2 is 1.61 bits per heavy atom. The maximum absolute atomic E-state index is 14.4. The minimum absolute atomic E-state index is 0.0206. The third-order valence-electron chi connectivity index (χ3n) is 5.41. The van der Waals surface area contributed by atoms with Crippen LogP contribution in [0.1, 0.15) is 27.0 Å². The molecule has 3 aromatic carbocycles. The van der Waals surface area contributed by atoms with E-state index < -0.39 is 36.2 Å². The van der Waals surface area contributed by atoms with Gasteiger partial charge in [0.05, 0.1) is 5.56 Å². The molecule has 0 aromatic heterocycles. The van der Waals surface area contributed by atoms with Crippen LogP contribution in [-0.4, -0.2) is 52.8 Å². The van der Waals surface area contributed by atoms with Gasteiger partial charge in [0.1, 0.15) is 12.4 Å². The molecule has 0 unspecified atom stereocenters. The molecule has 0 aliphatic carbocycles. The molecular weight excluding hydrogens is 515 g/mol. The van der Waals surface area contributed by atoms with Gasteiger partial charge in [-0.15, -0.1) is 11.6 Å². The van der Waals surface area contributed by atoms with Gasteiger partial charge >= 0.3 is 12.1 Å². The standard InChI is InChI=1S/C27H26ClFN4O5/c28-12-13-30-26(36)32-20-11-10-19(22(14-20)25(35)21-8-4-5-9-23(21)29)15-31-24(34)17-33(27(37)38)16-18-6-2-1-3-7-18/h1-11,14H,12-13,15-17H2,(H,31,34)(H,37,38)(H2,30,32,36). The molecule has 0 spiro atoms. The first-order valence-electron chi connectivity index (χ1n) is 11.6. The zero-order chi connectivity index (χ0) is 27.5. The molecule has 0 saturated heterocycles. The third kappa shape index (κ3) is 8.04. The largest absolute Gasteiger partial charge is 0.465 e. The highest BCUT2D eigenvalue weighted by atomic mass is 35.5. The first-order chi connectivity index (χ1) is 18.3. The summed E-state index contributed by atoms with van der Waals surface area (Å²) in [5.41, 5.74) is 1.22. The molecule has 0 heterocycles. The van der Waals surface area contributed by atoms with Crippen molar-refractivity contribution in [2.24, 2.45) is 0 Å². The lowest BCUT2D eigenvalue weighted by molar-refractivity contribution is -0.122. The number of carboxylic acid groups (broad SMARTS) is 1. The lowest BCUT2D eigenvalue weighted by Crippen LogP contribution is -2.39. The number of alkyl halides is 1. The van der Waals surface area contributed by atoms with E-state index in [-0.39, 0.29) is 42.3 Å². The molecule has 0 bridgehead atoms. The molecule has 38 heavy (non-hydrogen) atoms. The fourth-order valence-electron chi connectivity index (χ4n) is 3.56. The number of hydrogen-bond donors (Lipinski definition) is 4. The van der Waals surface area contributed by atoms with Crippen LogP contribution in [0.4, 0.5) is 19.7 Å². The van der Waals surface area contributed by atoms with E-state index in [2.05, 4.69) is 16.0 Å². The molecule has 9 nitrogen and oxygen atoms in total. The van der Waals surface area contributed by atoms with Gasteiger partial charge in [-0.1, -0.05) is 48.5 Å². The second-order valence-corrected chi connectivity index (χ2v) is 8.53. The van der Waals surface area contributed by atoms with Gasteiger partial charge in [0, 0.05) is 36.8 Å². The highest BCUT2D eigenvalue weighted by Crippen LogP contribution is 2.21. The number of nitrogens with one attached hydrogen (secondary N) is 3. The lowest BCUT2D eigenvalue weighted by atomic mass is 9.97. The van der Waals surface area contributed by atoms with Gasteiger partial charge in [-0.2, -0.15) is 0 Å². The van der Waals surface area contributed by atoms with Crippen LogP contribution in [0.25, 0.3) is 0 Å². The van der Waals surface area contributed by atoms with Crippen LogP contribution in [0.5, 0.6) is 0 Å². The van der Waals surface area contributed by atoms with Crippen LogP contribution in [0.3, 0.4) is 0 Å². The number of carbonyl (C=O) groups is 4. The molecule has 0 radical (unpaired) electrons. The molecule has 0 fully saturated rings. The van der Waals surface area contributed by atoms with E-state index in [1.807, 2.05) is 0 Å². The van der Waals surface area contributed by atoms with Crippen molar-refractivity contribution in [2.45, 2.75) is 13.1 Å². The number of urea groups is 1. The summed E-state index contributed by atoms with van der Waals surface area (Å²) in [5.74, 6) is -1.74. The van der Waals surface area contributed by atoms with Crippen molar-refractivity contribution in [3.8, 4) is 0 Å². The highest BCUT2D eigenvalue weighted by molar-refractivity contribution is 6.18. The summed E-state index contributed by atoms with van der Waals surface area (Å²) < 4.78 is 14.4. The molecule has 0 aliphatic heterocycles. The summed E-state index contributed by atoms with van der Waals surface area (Å²) in [4.78, 5) is 50.5. The summed E-state index contributed by atoms with van der Waals surface area (Å²) in [6.45, 7) is -0.310.